The Morgan fingerprint density at radius 3 is 2.56 bits per heavy atom. The molecule has 0 spiro atoms. The van der Waals surface area contributed by atoms with Gasteiger partial charge in [0.05, 0.1) is 29.7 Å². The van der Waals surface area contributed by atoms with Gasteiger partial charge in [-0.25, -0.2) is 14.3 Å². The number of hydrogen-bond acceptors (Lipinski definition) is 5. The fraction of sp³-hybridized carbons (Fsp3) is 0.200. The quantitative estimate of drug-likeness (QED) is 0.529. The van der Waals surface area contributed by atoms with Crippen molar-refractivity contribution >= 4 is 0 Å². The van der Waals surface area contributed by atoms with E-state index < -0.39 is 0 Å². The second-order valence-corrected chi connectivity index (χ2v) is 6.19. The van der Waals surface area contributed by atoms with Gasteiger partial charge in [0.2, 0.25) is 0 Å². The fourth-order valence-corrected chi connectivity index (χ4v) is 3.01. The highest BCUT2D eigenvalue weighted by Crippen LogP contribution is 2.24. The molecular weight excluding hydrogens is 340 g/mol. The Hall–Kier alpha value is -3.32. The summed E-state index contributed by atoms with van der Waals surface area (Å²) in [5, 5.41) is 9.18. The van der Waals surface area contributed by atoms with Crippen LogP contribution in [0, 0.1) is 6.92 Å². The maximum Gasteiger partial charge on any atom is 0.176 e. The third-order valence-electron chi connectivity index (χ3n) is 4.32. The lowest BCUT2D eigenvalue weighted by atomic mass is 10.2. The summed E-state index contributed by atoms with van der Waals surface area (Å²) in [4.78, 5) is 8.77. The normalized spacial score (nSPS) is 11.0. The number of hydrogen-bond donors (Lipinski definition) is 0. The molecule has 7 heteroatoms. The minimum atomic E-state index is 0.363. The van der Waals surface area contributed by atoms with E-state index in [4.69, 9.17) is 9.72 Å². The molecule has 0 radical (unpaired) electrons. The predicted molar refractivity (Wildman–Crippen MR) is 101 cm³/mol. The van der Waals surface area contributed by atoms with Gasteiger partial charge >= 0.3 is 0 Å². The summed E-state index contributed by atoms with van der Waals surface area (Å²) in [6, 6.07) is 14.0. The van der Waals surface area contributed by atoms with Crippen LogP contribution >= 0.6 is 0 Å². The van der Waals surface area contributed by atoms with Crippen LogP contribution in [-0.2, 0) is 17.9 Å². The van der Waals surface area contributed by atoms with Crippen LogP contribution in [-0.4, -0.2) is 36.6 Å². The van der Waals surface area contributed by atoms with Gasteiger partial charge in [0.15, 0.2) is 11.6 Å². The van der Waals surface area contributed by atoms with E-state index in [0.717, 1.165) is 28.3 Å². The number of nitrogens with zero attached hydrogens (tertiary/aromatic N) is 6. The van der Waals surface area contributed by atoms with E-state index in [9.17, 15) is 0 Å². The first-order chi connectivity index (χ1) is 13.3. The van der Waals surface area contributed by atoms with Gasteiger partial charge < -0.3 is 4.74 Å². The summed E-state index contributed by atoms with van der Waals surface area (Å²) >= 11 is 0. The van der Waals surface area contributed by atoms with E-state index in [2.05, 4.69) is 15.2 Å². The Bertz CT molecular complexity index is 1020. The highest BCUT2D eigenvalue weighted by atomic mass is 16.5. The van der Waals surface area contributed by atoms with Crippen molar-refractivity contribution in [3.05, 3.63) is 78.1 Å². The van der Waals surface area contributed by atoms with Crippen molar-refractivity contribution in [1.29, 1.82) is 0 Å². The van der Waals surface area contributed by atoms with Crippen molar-refractivity contribution in [2.75, 3.05) is 7.11 Å². The van der Waals surface area contributed by atoms with Crippen LogP contribution in [0.3, 0.4) is 0 Å². The molecule has 4 rings (SSSR count). The third-order valence-corrected chi connectivity index (χ3v) is 4.32. The average molecular weight is 360 g/mol. The second kappa shape index (κ2) is 7.51. The Labute approximate surface area is 157 Å². The maximum atomic E-state index is 5.22. The molecule has 0 aliphatic heterocycles. The molecule has 3 aromatic heterocycles. The van der Waals surface area contributed by atoms with Crippen LogP contribution in [0.1, 0.15) is 17.1 Å². The molecule has 4 aromatic rings. The van der Waals surface area contributed by atoms with E-state index in [-0.39, 0.29) is 0 Å². The van der Waals surface area contributed by atoms with Gasteiger partial charge in [-0.3, -0.25) is 4.98 Å². The molecule has 0 fully saturated rings. The number of aromatic nitrogens is 6. The lowest BCUT2D eigenvalue weighted by molar-refractivity contribution is 0.177. The molecule has 0 unspecified atom stereocenters. The van der Waals surface area contributed by atoms with Crippen LogP contribution in [0.15, 0.2) is 61.1 Å². The van der Waals surface area contributed by atoms with Crippen molar-refractivity contribution in [1.82, 2.24) is 29.5 Å². The van der Waals surface area contributed by atoms with E-state index in [1.54, 1.807) is 19.5 Å². The van der Waals surface area contributed by atoms with Crippen LogP contribution in [0.4, 0.5) is 0 Å². The number of rotatable bonds is 6. The van der Waals surface area contributed by atoms with Crippen LogP contribution in [0.2, 0.25) is 0 Å². The van der Waals surface area contributed by atoms with Gasteiger partial charge in [-0.1, -0.05) is 18.2 Å². The number of pyridine rings is 1. The Morgan fingerprint density at radius 1 is 1.04 bits per heavy atom. The van der Waals surface area contributed by atoms with Gasteiger partial charge in [-0.15, -0.1) is 0 Å². The molecule has 0 saturated heterocycles. The summed E-state index contributed by atoms with van der Waals surface area (Å²) in [6.07, 6.45) is 5.40. The van der Waals surface area contributed by atoms with Gasteiger partial charge in [0.25, 0.3) is 0 Å². The molecule has 0 N–H and O–H groups in total. The minimum Gasteiger partial charge on any atom is -0.377 e. The molecule has 7 nitrogen and oxygen atoms in total. The third kappa shape index (κ3) is 3.50. The van der Waals surface area contributed by atoms with Crippen molar-refractivity contribution in [2.24, 2.45) is 0 Å². The fourth-order valence-electron chi connectivity index (χ4n) is 3.01. The molecule has 0 amide bonds. The van der Waals surface area contributed by atoms with Gasteiger partial charge in [0, 0.05) is 19.5 Å². The van der Waals surface area contributed by atoms with Crippen molar-refractivity contribution < 1.29 is 4.74 Å². The summed E-state index contributed by atoms with van der Waals surface area (Å²) in [7, 11) is 1.64. The number of ether oxygens (including phenoxy) is 1. The zero-order chi connectivity index (χ0) is 18.6. The minimum absolute atomic E-state index is 0.363. The first-order valence-electron chi connectivity index (χ1n) is 8.68. The number of methoxy groups -OCH3 is 1. The second-order valence-electron chi connectivity index (χ2n) is 6.19. The largest absolute Gasteiger partial charge is 0.377 e. The zero-order valence-electron chi connectivity index (χ0n) is 15.3. The van der Waals surface area contributed by atoms with Crippen LogP contribution in [0.5, 0.6) is 0 Å². The summed E-state index contributed by atoms with van der Waals surface area (Å²) in [5.74, 6) is 1.42. The molecule has 1 aromatic carbocycles. The first kappa shape index (κ1) is 17.1. The van der Waals surface area contributed by atoms with Gasteiger partial charge in [-0.05, 0) is 36.8 Å². The molecule has 3 heterocycles. The lowest BCUT2D eigenvalue weighted by Crippen LogP contribution is -2.05. The monoisotopic (exact) mass is 360 g/mol. The number of para-hydroxylation sites is 1. The predicted octanol–water partition coefficient (Wildman–Crippen LogP) is 3.03. The van der Waals surface area contributed by atoms with Crippen molar-refractivity contribution in [2.45, 2.75) is 20.1 Å². The van der Waals surface area contributed by atoms with E-state index in [0.29, 0.717) is 19.0 Å². The molecule has 136 valence electrons. The Balaban J connectivity index is 1.76. The number of benzene rings is 1. The maximum absolute atomic E-state index is 5.22. The zero-order valence-corrected chi connectivity index (χ0v) is 15.3. The van der Waals surface area contributed by atoms with E-state index in [1.165, 1.54) is 0 Å². The molecule has 0 aliphatic rings. The van der Waals surface area contributed by atoms with Gasteiger partial charge in [0.1, 0.15) is 6.61 Å². The molecule has 0 atom stereocenters. The van der Waals surface area contributed by atoms with Crippen LogP contribution in [0.25, 0.3) is 17.1 Å². The lowest BCUT2D eigenvalue weighted by Gasteiger charge is -2.07. The summed E-state index contributed by atoms with van der Waals surface area (Å²) < 4.78 is 9.02. The topological polar surface area (TPSA) is 70.7 Å². The SMILES string of the molecule is COCc1nc(-c2cnn(-c3ccccc3)c2C)n(Cc2ccncc2)n1. The Kier molecular flexibility index (Phi) is 4.76. The molecule has 0 saturated carbocycles. The van der Waals surface area contributed by atoms with E-state index >= 15 is 0 Å². The summed E-state index contributed by atoms with van der Waals surface area (Å²) in [5.41, 5.74) is 4.07. The first-order valence-corrected chi connectivity index (χ1v) is 8.68. The highest BCUT2D eigenvalue weighted by Gasteiger charge is 2.18. The standard InChI is InChI=1S/C20H20N6O/c1-15-18(12-22-26(15)17-6-4-3-5-7-17)20-23-19(14-27-2)24-25(20)13-16-8-10-21-11-9-16/h3-12H,13-14H2,1-2H3. The molecule has 0 bridgehead atoms. The summed E-state index contributed by atoms with van der Waals surface area (Å²) in [6.45, 7) is 3.00. The van der Waals surface area contributed by atoms with E-state index in [1.807, 2.05) is 64.9 Å². The molecule has 0 aliphatic carbocycles. The van der Waals surface area contributed by atoms with Crippen molar-refractivity contribution in [3.63, 3.8) is 0 Å². The van der Waals surface area contributed by atoms with Crippen molar-refractivity contribution in [3.8, 4) is 17.1 Å². The van der Waals surface area contributed by atoms with Gasteiger partial charge in [-0.2, -0.15) is 10.2 Å². The highest BCUT2D eigenvalue weighted by molar-refractivity contribution is 5.59. The molecular formula is C20H20N6O. The smallest absolute Gasteiger partial charge is 0.176 e. The average Bonchev–Trinajstić information content (AvgIpc) is 3.26. The van der Waals surface area contributed by atoms with Crippen LogP contribution < -0.4 is 0 Å². The Morgan fingerprint density at radius 2 is 1.81 bits per heavy atom. The molecule has 27 heavy (non-hydrogen) atoms.